The van der Waals surface area contributed by atoms with E-state index in [0.29, 0.717) is 28.8 Å². The van der Waals surface area contributed by atoms with Crippen LogP contribution >= 0.6 is 0 Å². The molecule has 176 valence electrons. The number of ether oxygens (including phenoxy) is 2. The van der Waals surface area contributed by atoms with Crippen molar-refractivity contribution in [1.82, 2.24) is 14.8 Å². The topological polar surface area (TPSA) is 114 Å². The van der Waals surface area contributed by atoms with Gasteiger partial charge in [-0.3, -0.25) is 9.36 Å². The van der Waals surface area contributed by atoms with Crippen LogP contribution in [0.25, 0.3) is 17.3 Å². The van der Waals surface area contributed by atoms with Crippen molar-refractivity contribution in [2.24, 2.45) is 5.92 Å². The fourth-order valence-electron chi connectivity index (χ4n) is 4.24. The van der Waals surface area contributed by atoms with Crippen LogP contribution in [0.4, 0.5) is 0 Å². The molecule has 4 rings (SSSR count). The van der Waals surface area contributed by atoms with Crippen LogP contribution in [0.2, 0.25) is 0 Å². The number of rotatable bonds is 10. The van der Waals surface area contributed by atoms with Gasteiger partial charge in [-0.2, -0.15) is 0 Å². The number of para-hydroxylation sites is 1. The van der Waals surface area contributed by atoms with Crippen molar-refractivity contribution in [3.05, 3.63) is 42.4 Å². The lowest BCUT2D eigenvalue weighted by Crippen LogP contribution is -2.19. The molecule has 9 nitrogen and oxygen atoms in total. The molecular formula is C23H27N3O6S. The van der Waals surface area contributed by atoms with E-state index < -0.39 is 9.84 Å². The number of benzene rings is 1. The van der Waals surface area contributed by atoms with Crippen LogP contribution < -0.4 is 9.47 Å². The lowest BCUT2D eigenvalue weighted by molar-refractivity contribution is -0.122. The summed E-state index contributed by atoms with van der Waals surface area (Å²) in [7, 11) is -0.613. The predicted octanol–water partition coefficient (Wildman–Crippen LogP) is 3.61. The van der Waals surface area contributed by atoms with Crippen LogP contribution in [0.3, 0.4) is 0 Å². The minimum Gasteiger partial charge on any atom is -0.494 e. The summed E-state index contributed by atoms with van der Waals surface area (Å²) in [5.41, 5.74) is 0.464. The average molecular weight is 474 g/mol. The van der Waals surface area contributed by atoms with E-state index in [-0.39, 0.29) is 35.5 Å². The zero-order valence-corrected chi connectivity index (χ0v) is 19.5. The van der Waals surface area contributed by atoms with Gasteiger partial charge in [-0.05, 0) is 37.1 Å². The maximum Gasteiger partial charge on any atom is 0.204 e. The van der Waals surface area contributed by atoms with Crippen molar-refractivity contribution < 1.29 is 27.1 Å². The fraction of sp³-hybridized carbons (Fsp3) is 0.435. The van der Waals surface area contributed by atoms with E-state index in [4.69, 9.17) is 13.9 Å². The summed E-state index contributed by atoms with van der Waals surface area (Å²) in [4.78, 5) is 12.4. The van der Waals surface area contributed by atoms with Crippen molar-refractivity contribution in [3.63, 3.8) is 0 Å². The van der Waals surface area contributed by atoms with Gasteiger partial charge in [0.15, 0.2) is 21.4 Å². The van der Waals surface area contributed by atoms with Crippen LogP contribution in [-0.4, -0.2) is 48.9 Å². The van der Waals surface area contributed by atoms with E-state index in [1.807, 2.05) is 0 Å². The SMILES string of the molecule is COc1cccc(OC)c1-n1c(CS(=O)(=O)CCC(=O)C2CCCC2)nnc1-c1ccco1. The standard InChI is InChI=1S/C23H27N3O6S/c1-30-18-9-5-10-19(31-2)22(18)26-21(24-25-23(26)20-11-6-13-32-20)15-33(28,29)14-12-17(27)16-7-3-4-8-16/h5-6,9-11,13,16H,3-4,7-8,12,14-15H2,1-2H3. The molecule has 1 fully saturated rings. The molecule has 1 aliphatic carbocycles. The molecule has 33 heavy (non-hydrogen) atoms. The number of nitrogens with zero attached hydrogens (tertiary/aromatic N) is 3. The van der Waals surface area contributed by atoms with Gasteiger partial charge >= 0.3 is 0 Å². The Kier molecular flexibility index (Phi) is 6.83. The Balaban J connectivity index is 1.69. The number of ketones is 1. The number of sulfone groups is 1. The number of aromatic nitrogens is 3. The van der Waals surface area contributed by atoms with Gasteiger partial charge < -0.3 is 13.9 Å². The number of methoxy groups -OCH3 is 2. The molecule has 0 spiro atoms. The lowest BCUT2D eigenvalue weighted by Gasteiger charge is -2.17. The van der Waals surface area contributed by atoms with Crippen LogP contribution in [0.5, 0.6) is 11.5 Å². The van der Waals surface area contributed by atoms with Gasteiger partial charge in [-0.15, -0.1) is 10.2 Å². The Bertz CT molecular complexity index is 1190. The Morgan fingerprint density at radius 3 is 2.39 bits per heavy atom. The highest BCUT2D eigenvalue weighted by Crippen LogP contribution is 2.36. The predicted molar refractivity (Wildman–Crippen MR) is 121 cm³/mol. The number of hydrogen-bond acceptors (Lipinski definition) is 8. The fourth-order valence-corrected chi connectivity index (χ4v) is 5.48. The van der Waals surface area contributed by atoms with Gasteiger partial charge in [0.1, 0.15) is 28.7 Å². The number of furan rings is 1. The second kappa shape index (κ2) is 9.78. The highest BCUT2D eigenvalue weighted by Gasteiger charge is 2.28. The Morgan fingerprint density at radius 2 is 1.79 bits per heavy atom. The molecule has 2 aromatic heterocycles. The minimum absolute atomic E-state index is 0.00718. The third-order valence-electron chi connectivity index (χ3n) is 5.92. The smallest absolute Gasteiger partial charge is 0.204 e. The first-order valence-electron chi connectivity index (χ1n) is 10.9. The molecule has 3 aromatic rings. The molecule has 1 aliphatic rings. The van der Waals surface area contributed by atoms with Gasteiger partial charge in [0.25, 0.3) is 0 Å². The zero-order valence-electron chi connectivity index (χ0n) is 18.7. The Labute approximate surface area is 192 Å². The first-order valence-corrected chi connectivity index (χ1v) is 12.7. The average Bonchev–Trinajstić information content (AvgIpc) is 3.58. The highest BCUT2D eigenvalue weighted by molar-refractivity contribution is 7.90. The van der Waals surface area contributed by atoms with Gasteiger partial charge in [0.05, 0.1) is 26.2 Å². The van der Waals surface area contributed by atoms with Crippen molar-refractivity contribution in [1.29, 1.82) is 0 Å². The maximum atomic E-state index is 13.0. The number of Topliss-reactive ketones (excluding diaryl/α,β-unsaturated/α-hetero) is 1. The second-order valence-corrected chi connectivity index (χ2v) is 10.2. The maximum absolute atomic E-state index is 13.0. The van der Waals surface area contributed by atoms with Crippen LogP contribution in [-0.2, 0) is 20.4 Å². The number of hydrogen-bond donors (Lipinski definition) is 0. The summed E-state index contributed by atoms with van der Waals surface area (Å²) in [6.07, 6.45) is 5.29. The van der Waals surface area contributed by atoms with E-state index in [2.05, 4.69) is 10.2 Å². The molecule has 0 radical (unpaired) electrons. The molecule has 0 bridgehead atoms. The lowest BCUT2D eigenvalue weighted by atomic mass is 10.0. The molecule has 0 unspecified atom stereocenters. The number of carbonyl (C=O) groups excluding carboxylic acids is 1. The van der Waals surface area contributed by atoms with Crippen molar-refractivity contribution in [2.45, 2.75) is 37.9 Å². The van der Waals surface area contributed by atoms with Crippen molar-refractivity contribution >= 4 is 15.6 Å². The first kappa shape index (κ1) is 23.0. The highest BCUT2D eigenvalue weighted by atomic mass is 32.2. The third-order valence-corrected chi connectivity index (χ3v) is 7.44. The second-order valence-electron chi connectivity index (χ2n) is 8.05. The quantitative estimate of drug-likeness (QED) is 0.439. The van der Waals surface area contributed by atoms with Crippen LogP contribution in [0.1, 0.15) is 37.9 Å². The third kappa shape index (κ3) is 4.95. The molecule has 0 saturated heterocycles. The van der Waals surface area contributed by atoms with Crippen molar-refractivity contribution in [3.8, 4) is 28.8 Å². The normalized spacial score (nSPS) is 14.5. The molecule has 2 heterocycles. The van der Waals surface area contributed by atoms with Crippen LogP contribution in [0.15, 0.2) is 41.0 Å². The molecule has 1 aromatic carbocycles. The van der Waals surface area contributed by atoms with E-state index in [0.717, 1.165) is 25.7 Å². The van der Waals surface area contributed by atoms with Crippen molar-refractivity contribution in [2.75, 3.05) is 20.0 Å². The van der Waals surface area contributed by atoms with Crippen LogP contribution in [0, 0.1) is 5.92 Å². The van der Waals surface area contributed by atoms with Gasteiger partial charge in [0.2, 0.25) is 5.82 Å². The summed E-state index contributed by atoms with van der Waals surface area (Å²) in [5, 5.41) is 8.37. The molecule has 10 heteroatoms. The molecule has 0 aliphatic heterocycles. The summed E-state index contributed by atoms with van der Waals surface area (Å²) in [5.74, 6) is 1.22. The van der Waals surface area contributed by atoms with E-state index in [9.17, 15) is 13.2 Å². The molecular weight excluding hydrogens is 446 g/mol. The summed E-state index contributed by atoms with van der Waals surface area (Å²) >= 11 is 0. The summed E-state index contributed by atoms with van der Waals surface area (Å²) < 4.78 is 44.1. The van der Waals surface area contributed by atoms with Gasteiger partial charge in [-0.25, -0.2) is 8.42 Å². The monoisotopic (exact) mass is 473 g/mol. The van der Waals surface area contributed by atoms with Gasteiger partial charge in [0, 0.05) is 12.3 Å². The molecule has 1 saturated carbocycles. The van der Waals surface area contributed by atoms with E-state index in [1.165, 1.54) is 20.5 Å². The first-order chi connectivity index (χ1) is 15.9. The summed E-state index contributed by atoms with van der Waals surface area (Å²) in [6.45, 7) is 0. The Morgan fingerprint density at radius 1 is 1.09 bits per heavy atom. The van der Waals surface area contributed by atoms with E-state index in [1.54, 1.807) is 34.9 Å². The molecule has 0 amide bonds. The molecule has 0 N–H and O–H groups in total. The summed E-state index contributed by atoms with van der Waals surface area (Å²) in [6, 6.07) is 8.66. The van der Waals surface area contributed by atoms with E-state index >= 15 is 0 Å². The number of carbonyl (C=O) groups is 1. The Hall–Kier alpha value is -3.14. The minimum atomic E-state index is -3.64. The molecule has 0 atom stereocenters. The zero-order chi connectivity index (χ0) is 23.4. The largest absolute Gasteiger partial charge is 0.494 e. The van der Waals surface area contributed by atoms with Gasteiger partial charge in [-0.1, -0.05) is 18.9 Å².